The largest absolute Gasteiger partial charge is 0.476 e. The maximum absolute atomic E-state index is 12.8. The summed E-state index contributed by atoms with van der Waals surface area (Å²) >= 11 is 4.49. The molecule has 0 saturated heterocycles. The molecule has 642 valence electrons. The molecule has 43 nitrogen and oxygen atoms in total. The molecule has 8 aromatic heterocycles. The van der Waals surface area contributed by atoms with Crippen LogP contribution in [0, 0.1) is 0 Å². The molecule has 4 aromatic carbocycles. The summed E-state index contributed by atoms with van der Waals surface area (Å²) in [6.07, 6.45) is 2.97. The first-order valence-electron chi connectivity index (χ1n) is 38.3. The number of aromatic nitrogens is 8. The van der Waals surface area contributed by atoms with Crippen LogP contribution >= 0.6 is 45.3 Å². The average molecular weight is 1770 g/mol. The number of likely N-dealkylation sites (N-methyl/N-ethyl adjacent to an activating group) is 2. The number of ether oxygens (including phenoxy) is 1. The number of thiazole rings is 4. The highest BCUT2D eigenvalue weighted by Crippen LogP contribution is 2.34. The van der Waals surface area contributed by atoms with E-state index < -0.39 is 23.8 Å². The number of benzene rings is 4. The summed E-state index contributed by atoms with van der Waals surface area (Å²) in [4.78, 5) is 188. The van der Waals surface area contributed by atoms with Gasteiger partial charge in [0.25, 0.3) is 59.1 Å². The van der Waals surface area contributed by atoms with Gasteiger partial charge in [-0.05, 0) is 172 Å². The summed E-state index contributed by atoms with van der Waals surface area (Å²) in [5.74, 6) is -4.83. The van der Waals surface area contributed by atoms with Crippen molar-refractivity contribution in [3.05, 3.63) is 216 Å². The molecule has 0 aliphatic carbocycles. The van der Waals surface area contributed by atoms with Crippen LogP contribution in [0.3, 0.4) is 0 Å². The number of nitrogens with zero attached hydrogens (tertiary/aromatic N) is 15. The van der Waals surface area contributed by atoms with Gasteiger partial charge in [0, 0.05) is 172 Å². The molecule has 125 heavy (non-hydrogen) atoms. The molecule has 47 heteroatoms. The van der Waals surface area contributed by atoms with Crippen molar-refractivity contribution in [3.8, 4) is 0 Å². The molecule has 16 rings (SSSR count). The first kappa shape index (κ1) is 87.9. The van der Waals surface area contributed by atoms with Crippen LogP contribution < -0.4 is 53.2 Å². The second-order valence-electron chi connectivity index (χ2n) is 29.0. The van der Waals surface area contributed by atoms with Crippen LogP contribution in [0.1, 0.15) is 161 Å². The molecular weight excluding hydrogens is 1700 g/mol. The second-order valence-corrected chi connectivity index (χ2v) is 32.4. The van der Waals surface area contributed by atoms with Gasteiger partial charge in [-0.25, -0.2) is 29.5 Å². The van der Waals surface area contributed by atoms with Crippen molar-refractivity contribution in [1.29, 1.82) is 0 Å². The third kappa shape index (κ3) is 20.8. The molecule has 0 fully saturated rings. The first-order valence-corrected chi connectivity index (χ1v) is 41.8. The number of carboxylic acid groups (broad SMARTS) is 1. The molecule has 0 saturated carbocycles. The highest BCUT2D eigenvalue weighted by molar-refractivity contribution is 7.15. The van der Waals surface area contributed by atoms with E-state index in [0.29, 0.717) is 99.7 Å². The predicted octanol–water partition coefficient (Wildman–Crippen LogP) is 9.53. The van der Waals surface area contributed by atoms with Gasteiger partial charge < -0.3 is 71.5 Å². The third-order valence-corrected chi connectivity index (χ3v) is 23.0. The van der Waals surface area contributed by atoms with Gasteiger partial charge in [0.2, 0.25) is 0 Å². The number of aromatic carboxylic acids is 1. The molecule has 4 unspecified atom stereocenters. The SMILES string of the molecule is CCC1Cc2c([nH]c3ccc(C(=O)Nc4nc(C(=O)NCCN(C)C)cs4)cc23)C(=O)N1.CN(C)CCNC(=O)c1csc(NC(=O)c2ccc3[nH]c4c(c3c2)CC(CN=[N+]=[N-])NC4=O)n1.COC(=O)c1csc(NC(=O)c2ccc3[nH]c4c(c3c2)CC(CN=[N+]=[N-])NC4=O)n1.[N-]=[N+]=NCC1Cc2c([nH]c3ccc(C(=O)Nc4nc(C(=O)O)cs4)cc23)C(=O)N1. The van der Waals surface area contributed by atoms with Gasteiger partial charge in [0.1, 0.15) is 34.2 Å². The van der Waals surface area contributed by atoms with E-state index in [0.717, 1.165) is 114 Å². The lowest BCUT2D eigenvalue weighted by atomic mass is 9.96. The third-order valence-electron chi connectivity index (χ3n) is 20.0. The number of carbonyl (C=O) groups excluding carboxylic acids is 11. The smallest absolute Gasteiger partial charge is 0.357 e. The van der Waals surface area contributed by atoms with Crippen molar-refractivity contribution in [2.75, 3.05) is 102 Å². The van der Waals surface area contributed by atoms with Crippen molar-refractivity contribution < 1.29 is 67.4 Å². The number of amides is 10. The molecule has 0 bridgehead atoms. The van der Waals surface area contributed by atoms with Gasteiger partial charge in [0.05, 0.1) is 7.11 Å². The maximum Gasteiger partial charge on any atom is 0.357 e. The number of aromatic amines is 4. The van der Waals surface area contributed by atoms with Crippen molar-refractivity contribution >= 4 is 180 Å². The zero-order valence-corrected chi connectivity index (χ0v) is 70.4. The van der Waals surface area contributed by atoms with Crippen molar-refractivity contribution in [2.45, 2.75) is 63.2 Å². The fourth-order valence-corrected chi connectivity index (χ4v) is 16.6. The van der Waals surface area contributed by atoms with E-state index in [1.165, 1.54) is 29.2 Å². The fourth-order valence-electron chi connectivity index (χ4n) is 13.9. The van der Waals surface area contributed by atoms with E-state index in [9.17, 15) is 57.5 Å². The number of fused-ring (bicyclic) bond motifs is 12. The Balaban J connectivity index is 0.000000143. The summed E-state index contributed by atoms with van der Waals surface area (Å²) < 4.78 is 4.60. The summed E-state index contributed by atoms with van der Waals surface area (Å²) in [6.45, 7) is 4.89. The Morgan fingerprint density at radius 1 is 0.440 bits per heavy atom. The van der Waals surface area contributed by atoms with E-state index in [1.54, 1.807) is 77.5 Å². The Morgan fingerprint density at radius 3 is 1.00 bits per heavy atom. The number of H-pyrrole nitrogens is 4. The zero-order chi connectivity index (χ0) is 88.9. The number of methoxy groups -OCH3 is 1. The van der Waals surface area contributed by atoms with Gasteiger partial charge in [-0.2, -0.15) is 0 Å². The van der Waals surface area contributed by atoms with Crippen LogP contribution in [0.2, 0.25) is 0 Å². The summed E-state index contributed by atoms with van der Waals surface area (Å²) in [7, 11) is 8.95. The zero-order valence-electron chi connectivity index (χ0n) is 67.1. The number of carbonyl (C=O) groups is 12. The minimum atomic E-state index is -1.17. The van der Waals surface area contributed by atoms with Gasteiger partial charge in [-0.15, -0.1) is 45.3 Å². The Morgan fingerprint density at radius 2 is 0.720 bits per heavy atom. The molecule has 0 spiro atoms. The minimum absolute atomic E-state index is 0.0871. The second kappa shape index (κ2) is 39.3. The van der Waals surface area contributed by atoms with Crippen molar-refractivity contribution in [2.24, 2.45) is 15.3 Å². The molecule has 10 amide bonds. The topological polar surface area (TPSA) is 622 Å². The molecule has 4 atom stereocenters. The molecule has 4 aliphatic rings. The number of azide groups is 3. The average Bonchev–Trinajstić information content (AvgIpc) is 1.63. The quantitative estimate of drug-likeness (QED) is 0.0109. The molecule has 12 heterocycles. The lowest BCUT2D eigenvalue weighted by molar-refractivity contribution is 0.0592. The van der Waals surface area contributed by atoms with E-state index in [-0.39, 0.29) is 124 Å². The Hall–Kier alpha value is -15.0. The van der Waals surface area contributed by atoms with Gasteiger partial charge >= 0.3 is 11.9 Å². The lowest BCUT2D eigenvalue weighted by Gasteiger charge is -2.22. The van der Waals surface area contributed by atoms with Gasteiger partial charge in [-0.3, -0.25) is 69.2 Å². The van der Waals surface area contributed by atoms with Crippen molar-refractivity contribution in [3.63, 3.8) is 0 Å². The number of anilines is 4. The van der Waals surface area contributed by atoms with E-state index >= 15 is 0 Å². The molecule has 15 N–H and O–H groups in total. The minimum Gasteiger partial charge on any atom is -0.476 e. The highest BCUT2D eigenvalue weighted by atomic mass is 32.1. The van der Waals surface area contributed by atoms with Crippen LogP contribution in [0.5, 0.6) is 0 Å². The predicted molar refractivity (Wildman–Crippen MR) is 466 cm³/mol. The summed E-state index contributed by atoms with van der Waals surface area (Å²) in [5.41, 5.74) is 35.7. The molecular formula is C78H77N29O14S4. The Labute approximate surface area is 722 Å². The van der Waals surface area contributed by atoms with Crippen molar-refractivity contribution in [1.82, 2.24) is 81.6 Å². The maximum atomic E-state index is 12.8. The normalized spacial score (nSPS) is 15.2. The summed E-state index contributed by atoms with van der Waals surface area (Å²) in [6, 6.07) is 19.5. The van der Waals surface area contributed by atoms with Crippen LogP contribution in [-0.2, 0) is 30.4 Å². The van der Waals surface area contributed by atoms with Crippen LogP contribution in [0.25, 0.3) is 74.9 Å². The Bertz CT molecular complexity index is 6450. The number of rotatable bonds is 25. The van der Waals surface area contributed by atoms with Crippen LogP contribution in [-0.4, -0.2) is 231 Å². The van der Waals surface area contributed by atoms with Gasteiger partial charge in [0.15, 0.2) is 31.9 Å². The molecule has 4 aliphatic heterocycles. The lowest BCUT2D eigenvalue weighted by Crippen LogP contribution is -2.43. The van der Waals surface area contributed by atoms with E-state index in [1.807, 2.05) is 51.0 Å². The van der Waals surface area contributed by atoms with E-state index in [4.69, 9.17) is 21.7 Å². The monoisotopic (exact) mass is 1770 g/mol. The highest BCUT2D eigenvalue weighted by Gasteiger charge is 2.33. The first-order chi connectivity index (χ1) is 60.2. The number of nitrogens with one attached hydrogen (secondary N) is 14. The molecule has 12 aromatic rings. The standard InChI is InChI=1S/C22H26N6O3S.C21H23N9O3S.C18H15N7O4S.C17H13N7O4S/c1-4-13-10-15-14-9-12(5-6-16(14)25-18(15)21(31)24-13)19(29)27-22-26-17(11-32-22)20(30)23-7-8-28(2)3;1-30(2)6-5-23-19(32)16-10-34-21(27-16)28-18(31)11-3-4-15-13(7-11)14-8-12(9-24-29-22)25-20(33)17(14)26-15;1-29-17(28)13-7-30-18(23-13)24-15(26)8-2-3-12-10(4-8)11-5-9(6-20-25-19)21-16(27)14(11)22-12;18-24-19-5-8-4-10-9-3-7(1-2-11(9)21-13(10)15(26)20-8)14(25)23-17-22-12(6-29-17)16(27)28/h5-6,9,11,13,25H,4,7-8,10H2,1-3H3,(H,23,30)(H,24,31)(H,26,27,29);3-4,7,10,12,26H,5-6,8-9H2,1-2H3,(H,23,32)(H,25,33)(H,27,28,31);2-4,7,9,22H,5-6H2,1H3,(H,21,27)(H,23,24,26);1-3,6,8,21H,4-5H2,(H,20,26)(H,27,28)(H,22,23,25). The van der Waals surface area contributed by atoms with Gasteiger partial charge in [-0.1, -0.05) is 22.3 Å². The number of hydrogen-bond acceptors (Lipinski definition) is 26. The number of esters is 1. The summed E-state index contributed by atoms with van der Waals surface area (Å²) in [5, 5.41) is 57.5. The van der Waals surface area contributed by atoms with Crippen LogP contribution in [0.4, 0.5) is 20.5 Å². The van der Waals surface area contributed by atoms with Crippen LogP contribution in [0.15, 0.2) is 110 Å². The molecule has 0 radical (unpaired) electrons. The number of hydrogen-bond donors (Lipinski definition) is 15. The fraction of sp³-hybridized carbons (Fsp3) is 0.282. The number of carboxylic acids is 1. The van der Waals surface area contributed by atoms with E-state index in [2.05, 4.69) is 128 Å². The Kier molecular flexibility index (Phi) is 27.6.